The third-order valence-electron chi connectivity index (χ3n) is 10.2. The summed E-state index contributed by atoms with van der Waals surface area (Å²) in [5.74, 6) is 1.94. The Morgan fingerprint density at radius 3 is 1.36 bits per heavy atom. The first kappa shape index (κ1) is 32.2. The van der Waals surface area contributed by atoms with Gasteiger partial charge in [-0.1, -0.05) is 170 Å². The molecule has 0 radical (unpaired) electrons. The number of benzene rings is 8. The molecule has 2 aromatic heterocycles. The van der Waals surface area contributed by atoms with E-state index in [0.717, 1.165) is 39.1 Å². The summed E-state index contributed by atoms with van der Waals surface area (Å²) in [4.78, 5) is 14.9. The lowest BCUT2D eigenvalue weighted by Gasteiger charge is -2.11. The molecule has 55 heavy (non-hydrogen) atoms. The van der Waals surface area contributed by atoms with E-state index in [1.165, 1.54) is 38.5 Å². The molecule has 0 aliphatic carbocycles. The first-order chi connectivity index (χ1) is 27.3. The van der Waals surface area contributed by atoms with E-state index in [9.17, 15) is 0 Å². The van der Waals surface area contributed by atoms with Gasteiger partial charge in [-0.25, -0.2) is 15.0 Å². The summed E-state index contributed by atoms with van der Waals surface area (Å²) in [6, 6.07) is 72.4. The number of aromatic nitrogens is 4. The Hall–Kier alpha value is -7.43. The SMILES string of the molecule is c1ccc(-c2ccc3c4c(-c5cccc(-c6cccc(-c7nc(-c8ccccc8)nc(-c8ccccc8)n7)c6)c5)cccc4n(-c4ccccc4)c3c2)cc1. The maximum absolute atomic E-state index is 4.99. The second-order valence-corrected chi connectivity index (χ2v) is 13.7. The molecular formula is C51H34N4. The van der Waals surface area contributed by atoms with E-state index in [4.69, 9.17) is 15.0 Å². The molecule has 4 nitrogen and oxygen atoms in total. The van der Waals surface area contributed by atoms with Crippen LogP contribution in [0.15, 0.2) is 206 Å². The Bertz CT molecular complexity index is 2900. The zero-order valence-corrected chi connectivity index (χ0v) is 29.9. The van der Waals surface area contributed by atoms with Gasteiger partial charge in [-0.2, -0.15) is 0 Å². The molecule has 2 heterocycles. The zero-order valence-electron chi connectivity index (χ0n) is 29.9. The molecule has 0 N–H and O–H groups in total. The molecule has 0 unspecified atom stereocenters. The normalized spacial score (nSPS) is 11.3. The van der Waals surface area contributed by atoms with Gasteiger partial charge in [0, 0.05) is 33.2 Å². The molecule has 8 aromatic carbocycles. The lowest BCUT2D eigenvalue weighted by atomic mass is 9.95. The molecule has 258 valence electrons. The van der Waals surface area contributed by atoms with Crippen LogP contribution in [0.3, 0.4) is 0 Å². The van der Waals surface area contributed by atoms with Gasteiger partial charge in [0.2, 0.25) is 0 Å². The predicted octanol–water partition coefficient (Wildman–Crippen LogP) is 13.0. The minimum atomic E-state index is 0.638. The van der Waals surface area contributed by atoms with Crippen LogP contribution in [0.1, 0.15) is 0 Å². The fourth-order valence-corrected chi connectivity index (χ4v) is 7.62. The van der Waals surface area contributed by atoms with Crippen LogP contribution in [0.25, 0.3) is 95.0 Å². The second-order valence-electron chi connectivity index (χ2n) is 13.7. The van der Waals surface area contributed by atoms with Gasteiger partial charge in [0.15, 0.2) is 17.5 Å². The quantitative estimate of drug-likeness (QED) is 0.166. The third kappa shape index (κ3) is 6.06. The lowest BCUT2D eigenvalue weighted by molar-refractivity contribution is 1.07. The molecule has 0 bridgehead atoms. The van der Waals surface area contributed by atoms with Crippen molar-refractivity contribution in [3.63, 3.8) is 0 Å². The first-order valence-corrected chi connectivity index (χ1v) is 18.5. The summed E-state index contributed by atoms with van der Waals surface area (Å²) < 4.78 is 2.40. The Balaban J connectivity index is 1.10. The highest BCUT2D eigenvalue weighted by Gasteiger charge is 2.18. The van der Waals surface area contributed by atoms with Crippen molar-refractivity contribution in [3.8, 4) is 73.2 Å². The summed E-state index contributed by atoms with van der Waals surface area (Å²) in [6.45, 7) is 0. The average Bonchev–Trinajstić information content (AvgIpc) is 3.61. The monoisotopic (exact) mass is 702 g/mol. The highest BCUT2D eigenvalue weighted by molar-refractivity contribution is 6.16. The van der Waals surface area contributed by atoms with Gasteiger partial charge < -0.3 is 4.57 Å². The number of rotatable bonds is 7. The van der Waals surface area contributed by atoms with Crippen molar-refractivity contribution < 1.29 is 0 Å². The standard InChI is InChI=1S/C51H34N4/c1-5-16-35(17-6-1)40-30-31-45-47(34-40)55(43-26-11-4-12-27-43)46-29-15-28-44(48(45)46)41-24-13-22-38(32-41)39-23-14-25-42(33-39)51-53-49(36-18-7-2-8-19-36)52-50(54-51)37-20-9-3-10-21-37/h1-34H. The molecule has 0 amide bonds. The van der Waals surface area contributed by atoms with E-state index in [1.807, 2.05) is 60.7 Å². The van der Waals surface area contributed by atoms with Gasteiger partial charge in [-0.3, -0.25) is 0 Å². The predicted molar refractivity (Wildman–Crippen MR) is 227 cm³/mol. The van der Waals surface area contributed by atoms with Gasteiger partial charge >= 0.3 is 0 Å². The van der Waals surface area contributed by atoms with E-state index < -0.39 is 0 Å². The van der Waals surface area contributed by atoms with Crippen LogP contribution in [0, 0.1) is 0 Å². The van der Waals surface area contributed by atoms with Crippen LogP contribution in [-0.2, 0) is 0 Å². The van der Waals surface area contributed by atoms with Gasteiger partial charge in [-0.05, 0) is 69.8 Å². The Labute approximate surface area is 319 Å². The topological polar surface area (TPSA) is 43.6 Å². The molecular weight excluding hydrogens is 669 g/mol. The van der Waals surface area contributed by atoms with E-state index in [1.54, 1.807) is 0 Å². The summed E-state index contributed by atoms with van der Waals surface area (Å²) in [5, 5.41) is 2.46. The fraction of sp³-hybridized carbons (Fsp3) is 0. The third-order valence-corrected chi connectivity index (χ3v) is 10.2. The van der Waals surface area contributed by atoms with E-state index in [0.29, 0.717) is 17.5 Å². The van der Waals surface area contributed by atoms with Crippen molar-refractivity contribution in [2.45, 2.75) is 0 Å². The number of para-hydroxylation sites is 1. The molecule has 0 spiro atoms. The molecule has 0 aliphatic heterocycles. The van der Waals surface area contributed by atoms with Crippen molar-refractivity contribution in [2.24, 2.45) is 0 Å². The van der Waals surface area contributed by atoms with Crippen LogP contribution in [0.2, 0.25) is 0 Å². The number of hydrogen-bond donors (Lipinski definition) is 0. The lowest BCUT2D eigenvalue weighted by Crippen LogP contribution is -2.00. The summed E-state index contributed by atoms with van der Waals surface area (Å²) in [7, 11) is 0. The Morgan fingerprint density at radius 1 is 0.291 bits per heavy atom. The van der Waals surface area contributed by atoms with E-state index >= 15 is 0 Å². The Morgan fingerprint density at radius 2 is 0.745 bits per heavy atom. The van der Waals surface area contributed by atoms with Crippen LogP contribution in [0.5, 0.6) is 0 Å². The molecule has 0 atom stereocenters. The van der Waals surface area contributed by atoms with Crippen molar-refractivity contribution in [2.75, 3.05) is 0 Å². The van der Waals surface area contributed by atoms with E-state index in [-0.39, 0.29) is 0 Å². The maximum atomic E-state index is 4.99. The molecule has 0 aliphatic rings. The second kappa shape index (κ2) is 13.8. The fourth-order valence-electron chi connectivity index (χ4n) is 7.62. The van der Waals surface area contributed by atoms with Crippen LogP contribution >= 0.6 is 0 Å². The van der Waals surface area contributed by atoms with Crippen molar-refractivity contribution in [1.29, 1.82) is 0 Å². The first-order valence-electron chi connectivity index (χ1n) is 18.5. The molecule has 0 saturated carbocycles. The van der Waals surface area contributed by atoms with Gasteiger partial charge in [-0.15, -0.1) is 0 Å². The molecule has 10 rings (SSSR count). The van der Waals surface area contributed by atoms with Crippen LogP contribution in [-0.4, -0.2) is 19.5 Å². The van der Waals surface area contributed by atoms with Gasteiger partial charge in [0.05, 0.1) is 11.0 Å². The largest absolute Gasteiger partial charge is 0.309 e. The molecule has 4 heteroatoms. The number of fused-ring (bicyclic) bond motifs is 3. The van der Waals surface area contributed by atoms with Crippen molar-refractivity contribution in [1.82, 2.24) is 19.5 Å². The Kier molecular flexibility index (Phi) is 8.12. The minimum absolute atomic E-state index is 0.638. The van der Waals surface area contributed by atoms with Gasteiger partial charge in [0.1, 0.15) is 0 Å². The summed E-state index contributed by atoms with van der Waals surface area (Å²) >= 11 is 0. The average molecular weight is 703 g/mol. The van der Waals surface area contributed by atoms with Crippen LogP contribution < -0.4 is 0 Å². The molecule has 0 fully saturated rings. The van der Waals surface area contributed by atoms with Crippen LogP contribution in [0.4, 0.5) is 0 Å². The van der Waals surface area contributed by atoms with Crippen molar-refractivity contribution >= 4 is 21.8 Å². The number of hydrogen-bond acceptors (Lipinski definition) is 3. The van der Waals surface area contributed by atoms with E-state index in [2.05, 4.69) is 150 Å². The molecule has 10 aromatic rings. The molecule has 0 saturated heterocycles. The maximum Gasteiger partial charge on any atom is 0.164 e. The summed E-state index contributed by atoms with van der Waals surface area (Å²) in [6.07, 6.45) is 0. The summed E-state index contributed by atoms with van der Waals surface area (Å²) in [5.41, 5.74) is 13.3. The number of nitrogens with zero attached hydrogens (tertiary/aromatic N) is 4. The smallest absolute Gasteiger partial charge is 0.164 e. The van der Waals surface area contributed by atoms with Gasteiger partial charge in [0.25, 0.3) is 0 Å². The highest BCUT2D eigenvalue weighted by Crippen LogP contribution is 2.41. The highest BCUT2D eigenvalue weighted by atomic mass is 15.0. The minimum Gasteiger partial charge on any atom is -0.309 e. The zero-order chi connectivity index (χ0) is 36.6. The van der Waals surface area contributed by atoms with Crippen molar-refractivity contribution in [3.05, 3.63) is 206 Å².